The highest BCUT2D eigenvalue weighted by molar-refractivity contribution is 6.12. The summed E-state index contributed by atoms with van der Waals surface area (Å²) in [6, 6.07) is 6.45. The van der Waals surface area contributed by atoms with E-state index in [1.165, 1.54) is 6.92 Å². The Hall–Kier alpha value is -3.12. The molecule has 3 nitrogen and oxygen atoms in total. The molecule has 0 radical (unpaired) electrons. The molecule has 0 aliphatic heterocycles. The molecule has 0 saturated heterocycles. The molecule has 0 N–H and O–H groups in total. The largest absolute Gasteiger partial charge is 0.456 e. The van der Waals surface area contributed by atoms with Gasteiger partial charge in [0.25, 0.3) is 0 Å². The van der Waals surface area contributed by atoms with Gasteiger partial charge in [-0.2, -0.15) is 4.57 Å². The number of aryl methyl sites for hydroxylation is 2. The minimum atomic E-state index is -2.62. The van der Waals surface area contributed by atoms with Crippen LogP contribution in [-0.4, -0.2) is 0 Å². The smallest absolute Gasteiger partial charge is 0.216 e. The van der Waals surface area contributed by atoms with Crippen LogP contribution in [0.5, 0.6) is 0 Å². The molecule has 0 saturated carbocycles. The molecule has 2 heterocycles. The summed E-state index contributed by atoms with van der Waals surface area (Å²) in [7, 11) is 1.70. The average Bonchev–Trinajstić information content (AvgIpc) is 3.15. The molecular weight excluding hydrogens is 356 g/mol. The van der Waals surface area contributed by atoms with Crippen LogP contribution >= 0.6 is 0 Å². The number of aromatic nitrogens is 1. The van der Waals surface area contributed by atoms with E-state index >= 15 is 0 Å². The minimum Gasteiger partial charge on any atom is -0.456 e. The fourth-order valence-electron chi connectivity index (χ4n) is 4.15. The maximum absolute atomic E-state index is 9.06. The third-order valence-electron chi connectivity index (χ3n) is 5.55. The van der Waals surface area contributed by atoms with Gasteiger partial charge in [0.1, 0.15) is 18.2 Å². The van der Waals surface area contributed by atoms with Gasteiger partial charge in [0.15, 0.2) is 11.4 Å². The molecule has 4 rings (SSSR count). The first-order valence-corrected chi connectivity index (χ1v) is 9.32. The number of nitrogens with zero attached hydrogens (tertiary/aromatic N) is 2. The van der Waals surface area contributed by atoms with Gasteiger partial charge in [-0.05, 0) is 49.4 Å². The number of fused-ring (bicyclic) bond motifs is 3. The molecular formula is C26H27N2O+. The van der Waals surface area contributed by atoms with Crippen molar-refractivity contribution in [3.63, 3.8) is 0 Å². The second kappa shape index (κ2) is 6.74. The van der Waals surface area contributed by atoms with Crippen molar-refractivity contribution in [2.75, 3.05) is 0 Å². The van der Waals surface area contributed by atoms with Gasteiger partial charge in [-0.15, -0.1) is 0 Å². The summed E-state index contributed by atoms with van der Waals surface area (Å²) < 4.78 is 73.9. The fourth-order valence-corrected chi connectivity index (χ4v) is 4.15. The lowest BCUT2D eigenvalue weighted by Gasteiger charge is -2.15. The number of hydrogen-bond donors (Lipinski definition) is 0. The summed E-state index contributed by atoms with van der Waals surface area (Å²) in [5, 5.41) is 0.939. The summed E-state index contributed by atoms with van der Waals surface area (Å²) in [4.78, 5) is 3.45. The molecule has 0 fully saturated rings. The number of hydrogen-bond acceptors (Lipinski definition) is 1. The second-order valence-electron chi connectivity index (χ2n) is 7.46. The van der Waals surface area contributed by atoms with Crippen molar-refractivity contribution in [3.05, 3.63) is 69.7 Å². The lowest BCUT2D eigenvalue weighted by Crippen LogP contribution is -2.37. The molecule has 2 aromatic heterocycles. The summed E-state index contributed by atoms with van der Waals surface area (Å²) in [5.41, 5.74) is 3.73. The zero-order valence-corrected chi connectivity index (χ0v) is 17.1. The Kier molecular flexibility index (Phi) is 2.74. The Morgan fingerprint density at radius 2 is 2.00 bits per heavy atom. The normalized spacial score (nSPS) is 18.5. The van der Waals surface area contributed by atoms with E-state index in [4.69, 9.17) is 22.0 Å². The van der Waals surface area contributed by atoms with Gasteiger partial charge in [0.05, 0.1) is 13.5 Å². The van der Waals surface area contributed by atoms with Crippen LogP contribution in [0.2, 0.25) is 0 Å². The predicted octanol–water partition coefficient (Wildman–Crippen LogP) is 6.99. The van der Waals surface area contributed by atoms with Crippen LogP contribution < -0.4 is 4.57 Å². The minimum absolute atomic E-state index is 0.0270. The molecule has 0 amide bonds. The van der Waals surface area contributed by atoms with Crippen molar-refractivity contribution in [1.29, 1.82) is 0 Å². The summed E-state index contributed by atoms with van der Waals surface area (Å²) in [6.07, 6.45) is 0. The van der Waals surface area contributed by atoms with Gasteiger partial charge in [0.2, 0.25) is 5.69 Å². The third-order valence-corrected chi connectivity index (χ3v) is 5.55. The maximum Gasteiger partial charge on any atom is 0.216 e. The molecule has 1 unspecified atom stereocenters. The summed E-state index contributed by atoms with van der Waals surface area (Å²) in [6.45, 7) is 8.71. The quantitative estimate of drug-likeness (QED) is 0.267. The molecule has 146 valence electrons. The van der Waals surface area contributed by atoms with Gasteiger partial charge in [0, 0.05) is 38.9 Å². The van der Waals surface area contributed by atoms with E-state index in [0.717, 1.165) is 0 Å². The number of pyridine rings is 1. The first-order chi connectivity index (χ1) is 16.9. The zero-order chi connectivity index (χ0) is 27.8. The van der Waals surface area contributed by atoms with Gasteiger partial charge in [-0.25, -0.2) is 4.85 Å². The second-order valence-corrected chi connectivity index (χ2v) is 7.46. The van der Waals surface area contributed by atoms with Crippen LogP contribution in [-0.2, 0) is 7.05 Å². The maximum atomic E-state index is 9.06. The monoisotopic (exact) mass is 391 g/mol. The Bertz CT molecular complexity index is 1610. The summed E-state index contributed by atoms with van der Waals surface area (Å²) >= 11 is 0. The van der Waals surface area contributed by atoms with E-state index in [9.17, 15) is 0 Å². The van der Waals surface area contributed by atoms with Crippen molar-refractivity contribution < 1.29 is 20.0 Å². The van der Waals surface area contributed by atoms with Gasteiger partial charge in [-0.1, -0.05) is 32.0 Å². The number of furan rings is 1. The predicted molar refractivity (Wildman–Crippen MR) is 120 cm³/mol. The van der Waals surface area contributed by atoms with E-state index < -0.39 is 19.6 Å². The van der Waals surface area contributed by atoms with Crippen LogP contribution in [0.25, 0.3) is 38.0 Å². The molecule has 0 aliphatic rings. The van der Waals surface area contributed by atoms with Gasteiger partial charge < -0.3 is 4.42 Å². The lowest BCUT2D eigenvalue weighted by atomic mass is 9.92. The Morgan fingerprint density at radius 1 is 1.21 bits per heavy atom. The molecule has 1 atom stereocenters. The van der Waals surface area contributed by atoms with Crippen LogP contribution in [0.1, 0.15) is 58.6 Å². The van der Waals surface area contributed by atoms with Crippen LogP contribution in [0.15, 0.2) is 34.7 Å². The molecule has 4 aromatic rings. The van der Waals surface area contributed by atoms with E-state index in [1.54, 1.807) is 56.7 Å². The fraction of sp³-hybridized carbons (Fsp3) is 0.308. The van der Waals surface area contributed by atoms with E-state index in [-0.39, 0.29) is 22.8 Å². The standard InChI is InChI=1S/C26H27N2O/c1-14(2)23-17(5)12-21(28(8)18(23)6)25-16(4)11-15(3)24-20-10-9-19(27-7)13-22(20)29-26(24)25/h9-14H,1-6,8H3/q+1/i1D3,3D3,12D,14D. The van der Waals surface area contributed by atoms with Crippen LogP contribution in [0.4, 0.5) is 5.69 Å². The zero-order valence-electron chi connectivity index (χ0n) is 25.1. The van der Waals surface area contributed by atoms with E-state index in [0.29, 0.717) is 50.1 Å². The van der Waals surface area contributed by atoms with Crippen molar-refractivity contribution in [2.24, 2.45) is 7.05 Å². The van der Waals surface area contributed by atoms with Crippen molar-refractivity contribution in [2.45, 2.75) is 47.3 Å². The highest BCUT2D eigenvalue weighted by Gasteiger charge is 2.26. The molecule has 0 spiro atoms. The Balaban J connectivity index is 2.20. The highest BCUT2D eigenvalue weighted by atomic mass is 16.3. The summed E-state index contributed by atoms with van der Waals surface area (Å²) in [5.74, 6) is -1.95. The van der Waals surface area contributed by atoms with Gasteiger partial charge >= 0.3 is 0 Å². The SMILES string of the molecule is [2H]c1c(C)c(C([2H])(C)C([2H])([2H])[2H])c(C)[n+](C)c1-c1c(C)cc(C([2H])([2H])[2H])c2c1oc1cc([N+]#[C-])ccc12. The first-order valence-electron chi connectivity index (χ1n) is 13.3. The van der Waals surface area contributed by atoms with Gasteiger partial charge in [-0.3, -0.25) is 0 Å². The van der Waals surface area contributed by atoms with Crippen molar-refractivity contribution >= 4 is 27.6 Å². The molecule has 0 aliphatic carbocycles. The first kappa shape index (κ1) is 11.8. The van der Waals surface area contributed by atoms with Crippen molar-refractivity contribution in [1.82, 2.24) is 0 Å². The highest BCUT2D eigenvalue weighted by Crippen LogP contribution is 2.40. The average molecular weight is 392 g/mol. The topological polar surface area (TPSA) is 21.4 Å². The molecule has 2 aromatic carbocycles. The molecule has 0 bridgehead atoms. The number of benzene rings is 2. The lowest BCUT2D eigenvalue weighted by molar-refractivity contribution is -0.667. The van der Waals surface area contributed by atoms with E-state index in [2.05, 4.69) is 4.85 Å². The number of rotatable bonds is 2. The van der Waals surface area contributed by atoms with E-state index in [1.807, 2.05) is 0 Å². The van der Waals surface area contributed by atoms with Crippen LogP contribution in [0, 0.1) is 34.2 Å². The molecule has 3 heteroatoms. The van der Waals surface area contributed by atoms with Crippen LogP contribution in [0.3, 0.4) is 0 Å². The van der Waals surface area contributed by atoms with Crippen molar-refractivity contribution in [3.8, 4) is 11.3 Å². The Labute approximate surface area is 183 Å². The Morgan fingerprint density at radius 3 is 2.69 bits per heavy atom. The molecule has 29 heavy (non-hydrogen) atoms. The third kappa shape index (κ3) is 2.83.